The maximum Gasteiger partial charge on any atom is 0.328 e. The normalized spacial score (nSPS) is 29.2. The molecule has 3 aromatic carbocycles. The number of urea groups is 1. The van der Waals surface area contributed by atoms with Crippen LogP contribution in [0.1, 0.15) is 35.4 Å². The SMILES string of the molecule is Cc1ccc(NN2C(=O)C3CC4C(=CCC5C(=O)N(C(N)=O)C(=O)C54)C(c4ccc(O)cc4)C3(c3ccccc3)C2=O)cc1. The number of imide groups is 4. The summed E-state index contributed by atoms with van der Waals surface area (Å²) in [6, 6.07) is 21.9. The Kier molecular flexibility index (Phi) is 6.21. The number of likely N-dealkylation sites (tertiary alicyclic amines) is 1. The number of nitrogens with two attached hydrogens (primary N) is 1. The second-order valence-corrected chi connectivity index (χ2v) is 12.0. The third-order valence-corrected chi connectivity index (χ3v) is 9.84. The molecule has 0 radical (unpaired) electrons. The fourth-order valence-electron chi connectivity index (χ4n) is 8.01. The van der Waals surface area contributed by atoms with Crippen molar-refractivity contribution >= 4 is 35.3 Å². The number of nitrogens with one attached hydrogen (secondary N) is 1. The number of hydrazine groups is 1. The Bertz CT molecular complexity index is 1750. The monoisotopic (exact) mass is 590 g/mol. The Balaban J connectivity index is 1.44. The van der Waals surface area contributed by atoms with E-state index in [1.165, 1.54) is 12.1 Å². The van der Waals surface area contributed by atoms with Gasteiger partial charge in [-0.15, -0.1) is 0 Å². The van der Waals surface area contributed by atoms with Crippen LogP contribution in [0.5, 0.6) is 5.75 Å². The number of carbonyl (C=O) groups excluding carboxylic acids is 5. The van der Waals surface area contributed by atoms with Crippen LogP contribution in [0.15, 0.2) is 90.5 Å². The maximum absolute atomic E-state index is 14.9. The van der Waals surface area contributed by atoms with E-state index in [0.29, 0.717) is 21.7 Å². The number of aryl methyl sites for hydroxylation is 1. The predicted octanol–water partition coefficient (Wildman–Crippen LogP) is 3.76. The Morgan fingerprint density at radius 3 is 2.23 bits per heavy atom. The lowest BCUT2D eigenvalue weighted by molar-refractivity contribution is -0.139. The molecule has 3 fully saturated rings. The van der Waals surface area contributed by atoms with Crippen LogP contribution in [0.25, 0.3) is 0 Å². The van der Waals surface area contributed by atoms with E-state index in [-0.39, 0.29) is 18.6 Å². The molecule has 0 spiro atoms. The maximum atomic E-state index is 14.9. The third-order valence-electron chi connectivity index (χ3n) is 9.84. The van der Waals surface area contributed by atoms with Gasteiger partial charge in [0.15, 0.2) is 0 Å². The summed E-state index contributed by atoms with van der Waals surface area (Å²) >= 11 is 0. The number of carbonyl (C=O) groups is 5. The molecule has 6 unspecified atom stereocenters. The zero-order valence-electron chi connectivity index (χ0n) is 23.8. The zero-order chi connectivity index (χ0) is 30.9. The third kappa shape index (κ3) is 3.76. The zero-order valence-corrected chi connectivity index (χ0v) is 23.8. The van der Waals surface area contributed by atoms with Crippen molar-refractivity contribution in [1.82, 2.24) is 9.91 Å². The number of rotatable bonds is 4. The summed E-state index contributed by atoms with van der Waals surface area (Å²) in [5.41, 5.74) is 10.7. The van der Waals surface area contributed by atoms with Gasteiger partial charge in [0.25, 0.3) is 11.8 Å². The fourth-order valence-corrected chi connectivity index (χ4v) is 8.01. The van der Waals surface area contributed by atoms with Crippen LogP contribution in [0, 0.1) is 30.6 Å². The molecule has 2 heterocycles. The van der Waals surface area contributed by atoms with Gasteiger partial charge in [0.1, 0.15) is 5.75 Å². The Morgan fingerprint density at radius 2 is 1.57 bits per heavy atom. The Morgan fingerprint density at radius 1 is 0.886 bits per heavy atom. The van der Waals surface area contributed by atoms with Gasteiger partial charge >= 0.3 is 6.03 Å². The van der Waals surface area contributed by atoms with Gasteiger partial charge < -0.3 is 10.8 Å². The molecule has 44 heavy (non-hydrogen) atoms. The average molecular weight is 591 g/mol. The smallest absolute Gasteiger partial charge is 0.328 e. The van der Waals surface area contributed by atoms with Crippen molar-refractivity contribution in [3.8, 4) is 5.75 Å². The summed E-state index contributed by atoms with van der Waals surface area (Å²) in [6.07, 6.45) is 2.19. The molecule has 2 aliphatic carbocycles. The molecule has 0 aromatic heterocycles. The summed E-state index contributed by atoms with van der Waals surface area (Å²) in [5.74, 6) is -6.10. The predicted molar refractivity (Wildman–Crippen MR) is 158 cm³/mol. The minimum atomic E-state index is -1.41. The number of primary amides is 1. The fraction of sp³-hybridized carbons (Fsp3) is 0.265. The number of phenols is 1. The quantitative estimate of drug-likeness (QED) is 0.309. The van der Waals surface area contributed by atoms with Crippen LogP contribution in [0.3, 0.4) is 0 Å². The highest BCUT2D eigenvalue weighted by Gasteiger charge is 2.70. The number of phenolic OH excluding ortho intramolecular Hbond substituents is 1. The van der Waals surface area contributed by atoms with E-state index in [1.54, 1.807) is 24.3 Å². The lowest BCUT2D eigenvalue weighted by Crippen LogP contribution is -2.53. The number of allylic oxidation sites excluding steroid dienone is 2. The Hall–Kier alpha value is -5.25. The van der Waals surface area contributed by atoms with Crippen molar-refractivity contribution in [2.75, 3.05) is 5.43 Å². The molecule has 10 nitrogen and oxygen atoms in total. The number of benzene rings is 3. The van der Waals surface area contributed by atoms with Gasteiger partial charge in [0.2, 0.25) is 11.8 Å². The van der Waals surface area contributed by atoms with Gasteiger partial charge in [-0.05, 0) is 61.1 Å². The van der Waals surface area contributed by atoms with E-state index in [4.69, 9.17) is 5.73 Å². The van der Waals surface area contributed by atoms with Gasteiger partial charge in [-0.2, -0.15) is 9.91 Å². The molecule has 4 N–H and O–H groups in total. The summed E-state index contributed by atoms with van der Waals surface area (Å²) in [5, 5.41) is 11.2. The summed E-state index contributed by atoms with van der Waals surface area (Å²) in [6.45, 7) is 1.94. The van der Waals surface area contributed by atoms with Crippen molar-refractivity contribution in [2.24, 2.45) is 29.4 Å². The van der Waals surface area contributed by atoms with Gasteiger partial charge in [0, 0.05) is 5.92 Å². The van der Waals surface area contributed by atoms with Gasteiger partial charge in [-0.1, -0.05) is 71.8 Å². The lowest BCUT2D eigenvalue weighted by Gasteiger charge is -2.50. The number of anilines is 1. The minimum absolute atomic E-state index is 0.0364. The van der Waals surface area contributed by atoms with Crippen LogP contribution in [-0.2, 0) is 24.6 Å². The summed E-state index contributed by atoms with van der Waals surface area (Å²) in [4.78, 5) is 68.9. The standard InChI is InChI=1S/C34H30N4O6/c1-18-7-11-21(12-8-18)36-38-30(41)26-17-25-23(15-16-24-27(25)31(42)37(29(24)40)33(35)44)28(19-9-13-22(39)14-10-19)34(26,32(38)43)20-5-3-2-4-6-20/h2-15,24-28,36,39H,16-17H2,1H3,(H2,35,44). The number of amides is 6. The topological polar surface area (TPSA) is 150 Å². The second-order valence-electron chi connectivity index (χ2n) is 12.0. The Labute approximate surface area is 253 Å². The van der Waals surface area contributed by atoms with Crippen LogP contribution in [0.4, 0.5) is 10.5 Å². The van der Waals surface area contributed by atoms with E-state index in [2.05, 4.69) is 5.43 Å². The van der Waals surface area contributed by atoms with E-state index in [1.807, 2.05) is 55.5 Å². The number of aromatic hydroxyl groups is 1. The van der Waals surface area contributed by atoms with Crippen molar-refractivity contribution in [3.63, 3.8) is 0 Å². The molecule has 4 aliphatic rings. The number of nitrogens with zero attached hydrogens (tertiary/aromatic N) is 2. The second kappa shape index (κ2) is 9.90. The van der Waals surface area contributed by atoms with Gasteiger partial charge in [0.05, 0.1) is 28.9 Å². The molecule has 2 aliphatic heterocycles. The van der Waals surface area contributed by atoms with E-state index in [9.17, 15) is 29.1 Å². The molecular formula is C34H30N4O6. The van der Waals surface area contributed by atoms with Crippen LogP contribution in [0.2, 0.25) is 0 Å². The average Bonchev–Trinajstić information content (AvgIpc) is 3.40. The molecule has 0 bridgehead atoms. The van der Waals surface area contributed by atoms with Crippen LogP contribution >= 0.6 is 0 Å². The number of fused-ring (bicyclic) bond motifs is 4. The first-order valence-corrected chi connectivity index (χ1v) is 14.6. The summed E-state index contributed by atoms with van der Waals surface area (Å²) in [7, 11) is 0. The molecule has 222 valence electrons. The number of hydrogen-bond acceptors (Lipinski definition) is 7. The highest BCUT2D eigenvalue weighted by molar-refractivity contribution is 6.17. The van der Waals surface area contributed by atoms with Gasteiger partial charge in [-0.3, -0.25) is 24.6 Å². The molecule has 6 atom stereocenters. The van der Waals surface area contributed by atoms with Crippen LogP contribution < -0.4 is 11.2 Å². The molecule has 1 saturated carbocycles. The summed E-state index contributed by atoms with van der Waals surface area (Å²) < 4.78 is 0. The van der Waals surface area contributed by atoms with E-state index >= 15 is 0 Å². The van der Waals surface area contributed by atoms with Crippen molar-refractivity contribution in [1.29, 1.82) is 0 Å². The molecule has 6 amide bonds. The molecule has 2 saturated heterocycles. The van der Waals surface area contributed by atoms with E-state index in [0.717, 1.165) is 16.1 Å². The highest BCUT2D eigenvalue weighted by atomic mass is 16.3. The first kappa shape index (κ1) is 27.6. The van der Waals surface area contributed by atoms with Gasteiger partial charge in [-0.25, -0.2) is 4.79 Å². The number of hydrogen-bond donors (Lipinski definition) is 3. The van der Waals surface area contributed by atoms with Crippen molar-refractivity contribution in [2.45, 2.75) is 31.1 Å². The van der Waals surface area contributed by atoms with Crippen molar-refractivity contribution < 1.29 is 29.1 Å². The van der Waals surface area contributed by atoms with Crippen LogP contribution in [-0.4, -0.2) is 44.7 Å². The molecule has 3 aromatic rings. The lowest BCUT2D eigenvalue weighted by atomic mass is 9.49. The molecule has 7 rings (SSSR count). The molecular weight excluding hydrogens is 560 g/mol. The van der Waals surface area contributed by atoms with E-state index < -0.39 is 64.7 Å². The van der Waals surface area contributed by atoms with Crippen molar-refractivity contribution in [3.05, 3.63) is 107 Å². The largest absolute Gasteiger partial charge is 0.508 e. The minimum Gasteiger partial charge on any atom is -0.508 e. The highest BCUT2D eigenvalue weighted by Crippen LogP contribution is 2.64. The first-order valence-electron chi connectivity index (χ1n) is 14.6. The molecule has 10 heteroatoms. The first-order chi connectivity index (χ1) is 21.1.